The zero-order valence-electron chi connectivity index (χ0n) is 26.0. The maximum absolute atomic E-state index is 11.8. The van der Waals surface area contributed by atoms with Crippen LogP contribution in [0.25, 0.3) is 0 Å². The smallest absolute Gasteiger partial charge is 0.180 e. The number of nitrogens with one attached hydrogen (secondary N) is 3. The van der Waals surface area contributed by atoms with Crippen molar-refractivity contribution in [2.45, 2.75) is 38.8 Å². The maximum atomic E-state index is 11.8. The summed E-state index contributed by atoms with van der Waals surface area (Å²) in [6.45, 7) is 2.56. The summed E-state index contributed by atoms with van der Waals surface area (Å²) < 4.78 is 47.7. The second-order valence-corrected chi connectivity index (χ2v) is 17.2. The fourth-order valence-electron chi connectivity index (χ4n) is 4.68. The van der Waals surface area contributed by atoms with Gasteiger partial charge in [-0.15, -0.1) is 24.4 Å². The number of fused-ring (bicyclic) bond motifs is 3. The molecule has 0 amide bonds. The second-order valence-electron chi connectivity index (χ2n) is 10.5. The molecular formula is C33H39Br3N4O4S4. The summed E-state index contributed by atoms with van der Waals surface area (Å²) in [6, 6.07) is 28.3. The van der Waals surface area contributed by atoms with Gasteiger partial charge < -0.3 is 21.7 Å². The highest BCUT2D eigenvalue weighted by Crippen LogP contribution is 2.30. The SMILES string of the molecule is BrBr.Nc1ccccc1S.O=S1(=O)CCCNc2ccc(Br)cc21.O=S1(=O)CCCNc2ccccc21.c1ccc2c(c1)NCCCS2. The molecule has 3 heterocycles. The van der Waals surface area contributed by atoms with Crippen molar-refractivity contribution in [3.05, 3.63) is 95.5 Å². The Morgan fingerprint density at radius 2 is 1.17 bits per heavy atom. The molecule has 0 saturated carbocycles. The Balaban J connectivity index is 0.000000173. The van der Waals surface area contributed by atoms with Gasteiger partial charge in [-0.1, -0.05) is 52.3 Å². The number of thioether (sulfide) groups is 1. The predicted molar refractivity (Wildman–Crippen MR) is 217 cm³/mol. The molecule has 0 spiro atoms. The first-order chi connectivity index (χ1) is 23.1. The zero-order valence-corrected chi connectivity index (χ0v) is 34.1. The zero-order chi connectivity index (χ0) is 35.0. The minimum atomic E-state index is -3.09. The van der Waals surface area contributed by atoms with E-state index >= 15 is 0 Å². The number of halogens is 3. The summed E-state index contributed by atoms with van der Waals surface area (Å²) in [5.41, 5.74) is 8.93. The molecule has 4 aromatic carbocycles. The first kappa shape index (κ1) is 40.5. The topological polar surface area (TPSA) is 130 Å². The Morgan fingerprint density at radius 1 is 0.646 bits per heavy atom. The third kappa shape index (κ3) is 12.8. The highest BCUT2D eigenvalue weighted by molar-refractivity contribution is 9.93. The Kier molecular flexibility index (Phi) is 17.5. The van der Waals surface area contributed by atoms with Crippen LogP contribution in [0.3, 0.4) is 0 Å². The van der Waals surface area contributed by atoms with Gasteiger partial charge >= 0.3 is 0 Å². The lowest BCUT2D eigenvalue weighted by atomic mass is 10.3. The summed E-state index contributed by atoms with van der Waals surface area (Å²) in [4.78, 5) is 3.08. The minimum Gasteiger partial charge on any atom is -0.398 e. The molecule has 3 aliphatic heterocycles. The Labute approximate surface area is 318 Å². The molecule has 260 valence electrons. The molecule has 0 unspecified atom stereocenters. The van der Waals surface area contributed by atoms with Gasteiger partial charge in [0.05, 0.1) is 32.7 Å². The average molecular weight is 924 g/mol. The molecular weight excluding hydrogens is 884 g/mol. The number of benzene rings is 4. The first-order valence-electron chi connectivity index (χ1n) is 15.0. The summed E-state index contributed by atoms with van der Waals surface area (Å²) in [5, 5.41) is 9.61. The van der Waals surface area contributed by atoms with Crippen molar-refractivity contribution in [2.75, 3.05) is 58.6 Å². The molecule has 0 atom stereocenters. The highest BCUT2D eigenvalue weighted by Gasteiger charge is 2.22. The lowest BCUT2D eigenvalue weighted by molar-refractivity contribution is 0.594. The largest absolute Gasteiger partial charge is 0.398 e. The van der Waals surface area contributed by atoms with Crippen LogP contribution in [0.1, 0.15) is 19.3 Å². The molecule has 0 radical (unpaired) electrons. The molecule has 0 aliphatic carbocycles. The van der Waals surface area contributed by atoms with Crippen LogP contribution >= 0.6 is 68.6 Å². The van der Waals surface area contributed by atoms with Crippen molar-refractivity contribution in [1.82, 2.24) is 0 Å². The summed E-state index contributed by atoms with van der Waals surface area (Å²) in [6.07, 6.45) is 2.60. The second kappa shape index (κ2) is 20.7. The van der Waals surface area contributed by atoms with E-state index < -0.39 is 19.7 Å². The molecule has 0 fully saturated rings. The lowest BCUT2D eigenvalue weighted by Gasteiger charge is -2.06. The van der Waals surface area contributed by atoms with E-state index in [1.54, 1.807) is 30.3 Å². The van der Waals surface area contributed by atoms with E-state index in [0.717, 1.165) is 33.8 Å². The van der Waals surface area contributed by atoms with Crippen LogP contribution in [0.5, 0.6) is 0 Å². The Morgan fingerprint density at radius 3 is 1.81 bits per heavy atom. The van der Waals surface area contributed by atoms with E-state index in [1.807, 2.05) is 48.2 Å². The van der Waals surface area contributed by atoms with Gasteiger partial charge in [-0.3, -0.25) is 0 Å². The molecule has 3 aliphatic rings. The van der Waals surface area contributed by atoms with E-state index in [2.05, 4.69) is 97.0 Å². The monoisotopic (exact) mass is 920 g/mol. The van der Waals surface area contributed by atoms with Crippen molar-refractivity contribution >= 4 is 111 Å². The van der Waals surface area contributed by atoms with Crippen molar-refractivity contribution < 1.29 is 16.8 Å². The third-order valence-electron chi connectivity index (χ3n) is 7.03. The van der Waals surface area contributed by atoms with Crippen LogP contribution in [0.4, 0.5) is 22.7 Å². The Hall–Kier alpha value is -1.88. The maximum Gasteiger partial charge on any atom is 0.180 e. The molecule has 0 aromatic heterocycles. The van der Waals surface area contributed by atoms with Gasteiger partial charge in [0.15, 0.2) is 19.7 Å². The molecule has 4 aromatic rings. The van der Waals surface area contributed by atoms with Crippen LogP contribution in [0, 0.1) is 0 Å². The number of rotatable bonds is 0. The highest BCUT2D eigenvalue weighted by atomic mass is 80.9. The van der Waals surface area contributed by atoms with Crippen LogP contribution in [-0.2, 0) is 19.7 Å². The number of hydrogen-bond donors (Lipinski definition) is 5. The number of nitrogens with two attached hydrogens (primary N) is 1. The molecule has 8 nitrogen and oxygen atoms in total. The Bertz CT molecular complexity index is 1790. The molecule has 0 saturated heterocycles. The average Bonchev–Trinajstić information content (AvgIpc) is 3.49. The normalized spacial score (nSPS) is 16.3. The number of anilines is 4. The van der Waals surface area contributed by atoms with Crippen LogP contribution < -0.4 is 21.7 Å². The van der Waals surface area contributed by atoms with Crippen molar-refractivity contribution in [3.63, 3.8) is 0 Å². The van der Waals surface area contributed by atoms with E-state index in [9.17, 15) is 16.8 Å². The van der Waals surface area contributed by atoms with Gasteiger partial charge in [0.2, 0.25) is 0 Å². The number of sulfone groups is 2. The van der Waals surface area contributed by atoms with Crippen molar-refractivity contribution in [3.8, 4) is 0 Å². The first-order valence-corrected chi connectivity index (χ1v) is 24.3. The summed E-state index contributed by atoms with van der Waals surface area (Å²) in [7, 11) is -6.13. The summed E-state index contributed by atoms with van der Waals surface area (Å²) in [5.74, 6) is 1.71. The van der Waals surface area contributed by atoms with Gasteiger partial charge in [-0.25, -0.2) is 16.8 Å². The van der Waals surface area contributed by atoms with Crippen LogP contribution in [0.2, 0.25) is 0 Å². The molecule has 0 bridgehead atoms. The quantitative estimate of drug-likeness (QED) is 0.0867. The molecule has 7 rings (SSSR count). The van der Waals surface area contributed by atoms with Crippen LogP contribution in [-0.4, -0.2) is 53.7 Å². The lowest BCUT2D eigenvalue weighted by Crippen LogP contribution is -2.05. The number of para-hydroxylation sites is 3. The van der Waals surface area contributed by atoms with Crippen molar-refractivity contribution in [2.24, 2.45) is 0 Å². The van der Waals surface area contributed by atoms with E-state index in [-0.39, 0.29) is 11.5 Å². The van der Waals surface area contributed by atoms with Gasteiger partial charge in [-0.05, 0) is 79.6 Å². The molecule has 15 heteroatoms. The van der Waals surface area contributed by atoms with Gasteiger partial charge in [-0.2, -0.15) is 0 Å². The predicted octanol–water partition coefficient (Wildman–Crippen LogP) is 9.16. The minimum absolute atomic E-state index is 0.226. The van der Waals surface area contributed by atoms with Crippen LogP contribution in [0.15, 0.2) is 115 Å². The van der Waals surface area contributed by atoms with E-state index in [1.165, 1.54) is 22.8 Å². The summed E-state index contributed by atoms with van der Waals surface area (Å²) >= 11 is 14.8. The van der Waals surface area contributed by atoms with Crippen molar-refractivity contribution in [1.29, 1.82) is 0 Å². The molecule has 5 N–H and O–H groups in total. The number of thiol groups is 1. The number of hydrogen-bond acceptors (Lipinski definition) is 10. The molecule has 48 heavy (non-hydrogen) atoms. The standard InChI is InChI=1S/C9H10BrNO2S.C9H11NO2S.C9H11NS.C6H7NS.Br2/c10-7-2-3-8-9(6-7)14(12,13)5-1-4-11-8;11-13(12)7-3-6-10-8-4-1-2-5-9(8)13;1-2-5-9-8(4-1)10-6-3-7-11-9;7-5-3-1-2-4-6(5)8;1-2/h2-3,6,11H,1,4-5H2;1-2,4-5,10H,3,6-7H2;1-2,4-5,10H,3,6-7H2;1-4,8H,7H2;. The third-order valence-corrected chi connectivity index (χ3v) is 12.8. The van der Waals surface area contributed by atoms with E-state index in [4.69, 9.17) is 5.73 Å². The van der Waals surface area contributed by atoms with Gasteiger partial charge in [0.25, 0.3) is 0 Å². The fourth-order valence-corrected chi connectivity index (χ4v) is 9.36. The number of nitrogen functional groups attached to an aromatic ring is 1. The fraction of sp³-hybridized carbons (Fsp3) is 0.273. The van der Waals surface area contributed by atoms with Gasteiger partial charge in [0, 0.05) is 73.5 Å². The van der Waals surface area contributed by atoms with E-state index in [0.29, 0.717) is 34.9 Å². The van der Waals surface area contributed by atoms with Gasteiger partial charge in [0.1, 0.15) is 0 Å².